The Labute approximate surface area is 126 Å². The smallest absolute Gasteiger partial charge is 0.285 e. The molecule has 0 aliphatic heterocycles. The second kappa shape index (κ2) is 5.41. The van der Waals surface area contributed by atoms with Crippen LogP contribution >= 0.6 is 11.3 Å². The zero-order valence-corrected chi connectivity index (χ0v) is 12.5. The lowest BCUT2D eigenvalue weighted by Crippen LogP contribution is -2.35. The van der Waals surface area contributed by atoms with Gasteiger partial charge in [-0.25, -0.2) is 4.98 Å². The van der Waals surface area contributed by atoms with E-state index in [4.69, 9.17) is 5.73 Å². The van der Waals surface area contributed by atoms with Gasteiger partial charge in [-0.1, -0.05) is 17.7 Å². The van der Waals surface area contributed by atoms with Gasteiger partial charge in [0, 0.05) is 5.92 Å². The maximum absolute atomic E-state index is 12.1. The molecule has 0 radical (unpaired) electrons. The number of carbonyl (C=O) groups is 2. The topological polar surface area (TPSA) is 73.1 Å². The molecule has 0 saturated carbocycles. The molecular formula is C16H16N2O2S. The van der Waals surface area contributed by atoms with E-state index in [0.29, 0.717) is 6.42 Å². The van der Waals surface area contributed by atoms with Crippen LogP contribution in [0.4, 0.5) is 0 Å². The number of rotatable bonds is 3. The van der Waals surface area contributed by atoms with Gasteiger partial charge in [-0.2, -0.15) is 0 Å². The Hall–Kier alpha value is -2.01. The SMILES string of the molecule is CC1=CCC(c2ccc3scnc3c2)C(C(=O)C(N)=O)C1. The van der Waals surface area contributed by atoms with Crippen LogP contribution in [0.25, 0.3) is 10.2 Å². The van der Waals surface area contributed by atoms with Crippen molar-refractivity contribution < 1.29 is 9.59 Å². The Kier molecular flexibility index (Phi) is 3.59. The van der Waals surface area contributed by atoms with Crippen molar-refractivity contribution in [2.45, 2.75) is 25.7 Å². The minimum atomic E-state index is -0.838. The summed E-state index contributed by atoms with van der Waals surface area (Å²) in [5.74, 6) is -1.66. The van der Waals surface area contributed by atoms with Gasteiger partial charge in [0.05, 0.1) is 15.7 Å². The zero-order chi connectivity index (χ0) is 15.0. The van der Waals surface area contributed by atoms with Crippen LogP contribution in [0.5, 0.6) is 0 Å². The average molecular weight is 300 g/mol. The largest absolute Gasteiger partial charge is 0.363 e. The molecular weight excluding hydrogens is 284 g/mol. The first-order valence-corrected chi connectivity index (χ1v) is 7.76. The van der Waals surface area contributed by atoms with Crippen molar-refractivity contribution in [2.75, 3.05) is 0 Å². The first-order valence-electron chi connectivity index (χ1n) is 6.88. The van der Waals surface area contributed by atoms with Crippen LogP contribution < -0.4 is 5.73 Å². The highest BCUT2D eigenvalue weighted by atomic mass is 32.1. The quantitative estimate of drug-likeness (QED) is 0.699. The third-order valence-electron chi connectivity index (χ3n) is 4.11. The number of amides is 1. The fraction of sp³-hybridized carbons (Fsp3) is 0.312. The van der Waals surface area contributed by atoms with Crippen molar-refractivity contribution in [1.82, 2.24) is 4.98 Å². The van der Waals surface area contributed by atoms with Crippen molar-refractivity contribution in [3.8, 4) is 0 Å². The monoisotopic (exact) mass is 300 g/mol. The van der Waals surface area contributed by atoms with Crippen molar-refractivity contribution >= 4 is 33.2 Å². The second-order valence-electron chi connectivity index (χ2n) is 5.51. The molecule has 1 amide bonds. The Morgan fingerprint density at radius 3 is 2.95 bits per heavy atom. The summed E-state index contributed by atoms with van der Waals surface area (Å²) in [6.45, 7) is 1.99. The molecule has 1 aromatic carbocycles. The fourth-order valence-corrected chi connectivity index (χ4v) is 3.66. The first-order chi connectivity index (χ1) is 10.1. The molecule has 3 rings (SSSR count). The van der Waals surface area contributed by atoms with E-state index in [1.54, 1.807) is 11.3 Å². The summed E-state index contributed by atoms with van der Waals surface area (Å²) < 4.78 is 1.12. The van der Waals surface area contributed by atoms with E-state index in [9.17, 15) is 9.59 Å². The first kappa shape index (κ1) is 13.9. The van der Waals surface area contributed by atoms with Crippen LogP contribution in [0.1, 0.15) is 31.2 Å². The Balaban J connectivity index is 2.00. The summed E-state index contributed by atoms with van der Waals surface area (Å²) in [7, 11) is 0. The van der Waals surface area contributed by atoms with Crippen molar-refractivity contribution in [2.24, 2.45) is 11.7 Å². The number of nitrogens with two attached hydrogens (primary N) is 1. The van der Waals surface area contributed by atoms with E-state index in [1.807, 2.05) is 30.6 Å². The van der Waals surface area contributed by atoms with Crippen molar-refractivity contribution in [3.63, 3.8) is 0 Å². The van der Waals surface area contributed by atoms with Gasteiger partial charge in [0.15, 0.2) is 0 Å². The molecule has 2 N–H and O–H groups in total. The Morgan fingerprint density at radius 2 is 2.19 bits per heavy atom. The number of allylic oxidation sites excluding steroid dienone is 2. The predicted octanol–water partition coefficient (Wildman–Crippen LogP) is 2.79. The lowest BCUT2D eigenvalue weighted by Gasteiger charge is -2.29. The molecule has 2 atom stereocenters. The molecule has 1 heterocycles. The number of hydrogen-bond donors (Lipinski definition) is 1. The number of carbonyl (C=O) groups excluding carboxylic acids is 2. The zero-order valence-electron chi connectivity index (χ0n) is 11.7. The molecule has 0 fully saturated rings. The van der Waals surface area contributed by atoms with Gasteiger partial charge in [-0.05, 0) is 43.4 Å². The summed E-state index contributed by atoms with van der Waals surface area (Å²) in [6.07, 6.45) is 3.49. The average Bonchev–Trinajstić information content (AvgIpc) is 2.93. The summed E-state index contributed by atoms with van der Waals surface area (Å²) in [6, 6.07) is 6.08. The van der Waals surface area contributed by atoms with Gasteiger partial charge in [-0.3, -0.25) is 9.59 Å². The van der Waals surface area contributed by atoms with E-state index in [-0.39, 0.29) is 11.8 Å². The standard InChI is InChI=1S/C16H16N2O2S/c1-9-2-4-11(12(6-9)15(19)16(17)20)10-3-5-14-13(7-10)18-8-21-14/h2-3,5,7-8,11-12H,4,6H2,1H3,(H2,17,20). The predicted molar refractivity (Wildman–Crippen MR) is 83.0 cm³/mol. The minimum Gasteiger partial charge on any atom is -0.363 e. The summed E-state index contributed by atoms with van der Waals surface area (Å²) in [5, 5.41) is 0. The van der Waals surface area contributed by atoms with E-state index < -0.39 is 11.7 Å². The molecule has 0 saturated heterocycles. The highest BCUT2D eigenvalue weighted by Crippen LogP contribution is 2.38. The lowest BCUT2D eigenvalue weighted by molar-refractivity contribution is -0.139. The van der Waals surface area contributed by atoms with E-state index in [2.05, 4.69) is 11.1 Å². The van der Waals surface area contributed by atoms with Crippen LogP contribution in [0.2, 0.25) is 0 Å². The number of benzene rings is 1. The van der Waals surface area contributed by atoms with Crippen LogP contribution in [-0.2, 0) is 9.59 Å². The van der Waals surface area contributed by atoms with Crippen LogP contribution in [-0.4, -0.2) is 16.7 Å². The number of Topliss-reactive ketones (excluding diaryl/α,β-unsaturated/α-hetero) is 1. The molecule has 2 unspecified atom stereocenters. The molecule has 108 valence electrons. The summed E-state index contributed by atoms with van der Waals surface area (Å²) >= 11 is 1.59. The highest BCUT2D eigenvalue weighted by molar-refractivity contribution is 7.16. The number of ketones is 1. The summed E-state index contributed by atoms with van der Waals surface area (Å²) in [5.41, 5.74) is 10.1. The van der Waals surface area contributed by atoms with E-state index in [0.717, 1.165) is 27.8 Å². The van der Waals surface area contributed by atoms with Gasteiger partial charge >= 0.3 is 0 Å². The highest BCUT2D eigenvalue weighted by Gasteiger charge is 2.34. The van der Waals surface area contributed by atoms with Crippen molar-refractivity contribution in [1.29, 1.82) is 0 Å². The number of hydrogen-bond acceptors (Lipinski definition) is 4. The molecule has 5 heteroatoms. The normalized spacial score (nSPS) is 22.0. The Morgan fingerprint density at radius 1 is 1.38 bits per heavy atom. The maximum atomic E-state index is 12.1. The van der Waals surface area contributed by atoms with Crippen LogP contribution in [0, 0.1) is 5.92 Å². The van der Waals surface area contributed by atoms with Gasteiger partial charge in [-0.15, -0.1) is 11.3 Å². The number of fused-ring (bicyclic) bond motifs is 1. The number of thiazole rings is 1. The number of primary amides is 1. The van der Waals surface area contributed by atoms with Crippen molar-refractivity contribution in [3.05, 3.63) is 40.9 Å². The van der Waals surface area contributed by atoms with Gasteiger partial charge < -0.3 is 5.73 Å². The molecule has 1 aromatic heterocycles. The molecule has 0 bridgehead atoms. The van der Waals surface area contributed by atoms with Gasteiger partial charge in [0.1, 0.15) is 0 Å². The third kappa shape index (κ3) is 2.61. The molecule has 21 heavy (non-hydrogen) atoms. The molecule has 0 spiro atoms. The maximum Gasteiger partial charge on any atom is 0.285 e. The second-order valence-corrected chi connectivity index (χ2v) is 6.40. The third-order valence-corrected chi connectivity index (χ3v) is 4.92. The van der Waals surface area contributed by atoms with E-state index in [1.165, 1.54) is 0 Å². The van der Waals surface area contributed by atoms with E-state index >= 15 is 0 Å². The molecule has 2 aromatic rings. The lowest BCUT2D eigenvalue weighted by atomic mass is 9.74. The van der Waals surface area contributed by atoms with Crippen LogP contribution in [0.3, 0.4) is 0 Å². The summed E-state index contributed by atoms with van der Waals surface area (Å²) in [4.78, 5) is 27.7. The molecule has 1 aliphatic carbocycles. The fourth-order valence-electron chi connectivity index (χ4n) is 3.00. The Bertz CT molecular complexity index is 748. The molecule has 1 aliphatic rings. The molecule has 4 nitrogen and oxygen atoms in total. The minimum absolute atomic E-state index is 0.000185. The van der Waals surface area contributed by atoms with Crippen LogP contribution in [0.15, 0.2) is 35.4 Å². The number of aromatic nitrogens is 1. The van der Waals surface area contributed by atoms with Gasteiger partial charge in [0.25, 0.3) is 5.91 Å². The van der Waals surface area contributed by atoms with Gasteiger partial charge in [0.2, 0.25) is 5.78 Å². The number of nitrogens with zero attached hydrogens (tertiary/aromatic N) is 1.